The third-order valence-corrected chi connectivity index (χ3v) is 6.24. The van der Waals surface area contributed by atoms with E-state index in [0.29, 0.717) is 23.1 Å². The lowest BCUT2D eigenvalue weighted by atomic mass is 10.1. The second kappa shape index (κ2) is 4.47. The Bertz CT molecular complexity index is 808. The zero-order valence-corrected chi connectivity index (χ0v) is 12.7. The van der Waals surface area contributed by atoms with Crippen molar-refractivity contribution in [2.75, 3.05) is 18.1 Å². The number of benzene rings is 2. The van der Waals surface area contributed by atoms with E-state index in [1.165, 1.54) is 0 Å². The maximum Gasteiger partial charge on any atom is 0.245 e. The van der Waals surface area contributed by atoms with Gasteiger partial charge in [-0.2, -0.15) is 4.31 Å². The van der Waals surface area contributed by atoms with Crippen LogP contribution in [-0.4, -0.2) is 25.9 Å². The molecule has 4 nitrogen and oxygen atoms in total. The topological polar surface area (TPSA) is 40.6 Å². The van der Waals surface area contributed by atoms with Gasteiger partial charge in [0.25, 0.3) is 0 Å². The molecule has 0 aromatic heterocycles. The lowest BCUT2D eigenvalue weighted by molar-refractivity contribution is 0.426. The van der Waals surface area contributed by atoms with Crippen molar-refractivity contribution in [1.82, 2.24) is 4.31 Å². The van der Waals surface area contributed by atoms with Crippen LogP contribution in [0.4, 0.5) is 5.69 Å². The molecule has 108 valence electrons. The Balaban J connectivity index is 1.77. The number of nitrogens with zero attached hydrogens (tertiary/aromatic N) is 2. The van der Waals surface area contributed by atoms with Crippen molar-refractivity contribution in [2.24, 2.45) is 0 Å². The van der Waals surface area contributed by atoms with Gasteiger partial charge in [-0.05, 0) is 35.9 Å². The van der Waals surface area contributed by atoms with Crippen LogP contribution in [-0.2, 0) is 10.0 Å². The molecule has 2 heterocycles. The van der Waals surface area contributed by atoms with E-state index in [0.717, 1.165) is 11.3 Å². The highest BCUT2D eigenvalue weighted by Gasteiger charge is 2.48. The van der Waals surface area contributed by atoms with Gasteiger partial charge in [-0.25, -0.2) is 8.42 Å². The maximum atomic E-state index is 12.6. The summed E-state index contributed by atoms with van der Waals surface area (Å²) in [4.78, 5) is 2.47. The molecule has 1 saturated heterocycles. The van der Waals surface area contributed by atoms with Crippen LogP contribution in [0.15, 0.2) is 53.4 Å². The predicted molar refractivity (Wildman–Crippen MR) is 81.9 cm³/mol. The summed E-state index contributed by atoms with van der Waals surface area (Å²) in [5, 5.41) is 0.573. The number of hydrogen-bond acceptors (Lipinski definition) is 3. The van der Waals surface area contributed by atoms with Gasteiger partial charge in [0.05, 0.1) is 17.6 Å². The molecule has 2 aromatic rings. The summed E-state index contributed by atoms with van der Waals surface area (Å²) in [5.74, 6) is 0. The molecule has 1 atom stereocenters. The molecule has 0 radical (unpaired) electrons. The second-order valence-electron chi connectivity index (χ2n) is 5.29. The smallest absolute Gasteiger partial charge is 0.245 e. The predicted octanol–water partition coefficient (Wildman–Crippen LogP) is 2.86. The number of anilines is 1. The Morgan fingerprint density at radius 1 is 1.10 bits per heavy atom. The third-order valence-electron chi connectivity index (χ3n) is 4.09. The SMILES string of the molecule is O=S1(=O)c2ccc(Cl)cc2C2CN(c3ccccc3)CN21. The summed E-state index contributed by atoms with van der Waals surface area (Å²) in [6.45, 7) is 1.03. The number of fused-ring (bicyclic) bond motifs is 3. The summed E-state index contributed by atoms with van der Waals surface area (Å²) in [6, 6.07) is 14.7. The Morgan fingerprint density at radius 2 is 1.86 bits per heavy atom. The fraction of sp³-hybridized carbons (Fsp3) is 0.200. The van der Waals surface area contributed by atoms with E-state index in [1.807, 2.05) is 30.3 Å². The summed E-state index contributed by atoms with van der Waals surface area (Å²) in [7, 11) is -3.41. The van der Waals surface area contributed by atoms with Gasteiger partial charge in [0.1, 0.15) is 0 Å². The molecular weight excluding hydrogens is 308 g/mol. The lowest BCUT2D eigenvalue weighted by Gasteiger charge is -2.19. The summed E-state index contributed by atoms with van der Waals surface area (Å²) in [6.07, 6.45) is 0. The van der Waals surface area contributed by atoms with Crippen molar-refractivity contribution in [1.29, 1.82) is 0 Å². The molecular formula is C15H13ClN2O2S. The molecule has 2 aliphatic rings. The summed E-state index contributed by atoms with van der Waals surface area (Å²) < 4.78 is 26.8. The van der Waals surface area contributed by atoms with Gasteiger partial charge in [0.2, 0.25) is 10.0 Å². The van der Waals surface area contributed by atoms with E-state index in [4.69, 9.17) is 11.6 Å². The fourth-order valence-electron chi connectivity index (χ4n) is 3.09. The monoisotopic (exact) mass is 320 g/mol. The minimum atomic E-state index is -3.41. The molecule has 0 amide bonds. The van der Waals surface area contributed by atoms with Crippen molar-refractivity contribution in [2.45, 2.75) is 10.9 Å². The van der Waals surface area contributed by atoms with Gasteiger partial charge < -0.3 is 4.90 Å². The molecule has 4 rings (SSSR count). The number of sulfonamides is 1. The minimum Gasteiger partial charge on any atom is -0.356 e. The van der Waals surface area contributed by atoms with Gasteiger partial charge in [-0.3, -0.25) is 0 Å². The van der Waals surface area contributed by atoms with Crippen molar-refractivity contribution in [3.8, 4) is 0 Å². The number of halogens is 1. The first-order valence-electron chi connectivity index (χ1n) is 6.69. The maximum absolute atomic E-state index is 12.6. The molecule has 2 aliphatic heterocycles. The van der Waals surface area contributed by atoms with Crippen molar-refractivity contribution in [3.63, 3.8) is 0 Å². The van der Waals surface area contributed by atoms with E-state index < -0.39 is 10.0 Å². The molecule has 0 saturated carbocycles. The Hall–Kier alpha value is -1.56. The molecule has 21 heavy (non-hydrogen) atoms. The highest BCUT2D eigenvalue weighted by Crippen LogP contribution is 2.44. The van der Waals surface area contributed by atoms with E-state index >= 15 is 0 Å². The summed E-state index contributed by atoms with van der Waals surface area (Å²) in [5.41, 5.74) is 1.84. The first-order valence-corrected chi connectivity index (χ1v) is 8.50. The second-order valence-corrected chi connectivity index (χ2v) is 7.58. The quantitative estimate of drug-likeness (QED) is 0.811. The van der Waals surface area contributed by atoms with Crippen LogP contribution in [0, 0.1) is 0 Å². The summed E-state index contributed by atoms with van der Waals surface area (Å²) >= 11 is 6.03. The zero-order chi connectivity index (χ0) is 14.6. The molecule has 1 unspecified atom stereocenters. The molecule has 0 spiro atoms. The van der Waals surface area contributed by atoms with Crippen molar-refractivity contribution >= 4 is 27.3 Å². The number of hydrogen-bond donors (Lipinski definition) is 0. The minimum absolute atomic E-state index is 0.149. The standard InChI is InChI=1S/C15H13ClN2O2S/c16-11-6-7-15-13(8-11)14-9-17(10-18(14)21(15,19)20)12-4-2-1-3-5-12/h1-8,14H,9-10H2. The third kappa shape index (κ3) is 1.88. The fourth-order valence-corrected chi connectivity index (χ4v) is 5.06. The van der Waals surface area contributed by atoms with Crippen LogP contribution in [0.25, 0.3) is 0 Å². The van der Waals surface area contributed by atoms with E-state index in [1.54, 1.807) is 22.5 Å². The van der Waals surface area contributed by atoms with Crippen molar-refractivity contribution < 1.29 is 8.42 Å². The van der Waals surface area contributed by atoms with E-state index in [-0.39, 0.29) is 6.04 Å². The Morgan fingerprint density at radius 3 is 2.62 bits per heavy atom. The van der Waals surface area contributed by atoms with Gasteiger partial charge in [-0.15, -0.1) is 0 Å². The van der Waals surface area contributed by atoms with Crippen LogP contribution in [0.1, 0.15) is 11.6 Å². The molecule has 2 aromatic carbocycles. The van der Waals surface area contributed by atoms with Crippen LogP contribution < -0.4 is 4.90 Å². The van der Waals surface area contributed by atoms with Crippen LogP contribution in [0.2, 0.25) is 5.02 Å². The van der Waals surface area contributed by atoms with E-state index in [9.17, 15) is 8.42 Å². The average molecular weight is 321 g/mol. The van der Waals surface area contributed by atoms with Gasteiger partial charge in [0, 0.05) is 17.3 Å². The van der Waals surface area contributed by atoms with Gasteiger partial charge in [0.15, 0.2) is 0 Å². The number of para-hydroxylation sites is 1. The number of rotatable bonds is 1. The van der Waals surface area contributed by atoms with Crippen LogP contribution in [0.3, 0.4) is 0 Å². The van der Waals surface area contributed by atoms with Gasteiger partial charge >= 0.3 is 0 Å². The first-order chi connectivity index (χ1) is 10.1. The zero-order valence-electron chi connectivity index (χ0n) is 11.1. The Labute approximate surface area is 128 Å². The highest BCUT2D eigenvalue weighted by atomic mass is 35.5. The molecule has 6 heteroatoms. The van der Waals surface area contributed by atoms with E-state index in [2.05, 4.69) is 4.90 Å². The highest BCUT2D eigenvalue weighted by molar-refractivity contribution is 7.89. The largest absolute Gasteiger partial charge is 0.356 e. The molecule has 0 bridgehead atoms. The van der Waals surface area contributed by atoms with Crippen molar-refractivity contribution in [3.05, 3.63) is 59.1 Å². The normalized spacial score (nSPS) is 23.1. The molecule has 0 aliphatic carbocycles. The van der Waals surface area contributed by atoms with Crippen LogP contribution in [0.5, 0.6) is 0 Å². The van der Waals surface area contributed by atoms with Gasteiger partial charge in [-0.1, -0.05) is 29.8 Å². The first kappa shape index (κ1) is 13.1. The molecule has 1 fully saturated rings. The average Bonchev–Trinajstić information content (AvgIpc) is 3.00. The lowest BCUT2D eigenvalue weighted by Crippen LogP contribution is -2.28. The molecule has 0 N–H and O–H groups in total. The Kier molecular flexibility index (Phi) is 2.79. The van der Waals surface area contributed by atoms with Crippen LogP contribution >= 0.6 is 11.6 Å².